The average molecular weight is 223 g/mol. The van der Waals surface area contributed by atoms with Gasteiger partial charge in [0.1, 0.15) is 0 Å². The zero-order valence-electron chi connectivity index (χ0n) is 10.5. The molecule has 0 saturated carbocycles. The third-order valence-electron chi connectivity index (χ3n) is 2.28. The number of aromatic nitrogens is 1. The van der Waals surface area contributed by atoms with Gasteiger partial charge in [-0.3, -0.25) is 4.98 Å². The second-order valence-electron chi connectivity index (χ2n) is 4.26. The van der Waals surface area contributed by atoms with E-state index in [9.17, 15) is 0 Å². The predicted octanol–water partition coefficient (Wildman–Crippen LogP) is 2.35. The SMILES string of the molecule is CCOC(C)(C)CNc1cncc(NC)c1. The standard InChI is InChI=1S/C12H21N3O/c1-5-16-12(2,3)9-15-11-6-10(13-4)7-14-8-11/h6-8,13,15H,5,9H2,1-4H3. The maximum atomic E-state index is 5.61. The van der Waals surface area contributed by atoms with Crippen molar-refractivity contribution in [2.75, 3.05) is 30.8 Å². The van der Waals surface area contributed by atoms with E-state index in [4.69, 9.17) is 4.74 Å². The molecular weight excluding hydrogens is 202 g/mol. The van der Waals surface area contributed by atoms with Gasteiger partial charge in [0.25, 0.3) is 0 Å². The molecule has 1 heterocycles. The van der Waals surface area contributed by atoms with Gasteiger partial charge in [-0.2, -0.15) is 0 Å². The molecule has 0 spiro atoms. The molecule has 0 atom stereocenters. The van der Waals surface area contributed by atoms with Crippen molar-refractivity contribution in [1.82, 2.24) is 4.98 Å². The highest BCUT2D eigenvalue weighted by Crippen LogP contribution is 2.15. The van der Waals surface area contributed by atoms with Crippen molar-refractivity contribution in [3.05, 3.63) is 18.5 Å². The fourth-order valence-corrected chi connectivity index (χ4v) is 1.43. The number of anilines is 2. The Labute approximate surface area is 97.4 Å². The molecule has 4 nitrogen and oxygen atoms in total. The van der Waals surface area contributed by atoms with Gasteiger partial charge in [0, 0.05) is 20.2 Å². The second-order valence-corrected chi connectivity index (χ2v) is 4.26. The molecule has 0 amide bonds. The molecule has 0 radical (unpaired) electrons. The molecule has 2 N–H and O–H groups in total. The number of nitrogens with zero attached hydrogens (tertiary/aromatic N) is 1. The Morgan fingerprint density at radius 3 is 2.62 bits per heavy atom. The fourth-order valence-electron chi connectivity index (χ4n) is 1.43. The van der Waals surface area contributed by atoms with Gasteiger partial charge in [0.05, 0.1) is 29.4 Å². The molecule has 1 aromatic heterocycles. The molecular formula is C12H21N3O. The summed E-state index contributed by atoms with van der Waals surface area (Å²) in [5.74, 6) is 0. The number of rotatable bonds is 6. The largest absolute Gasteiger partial charge is 0.387 e. The lowest BCUT2D eigenvalue weighted by Crippen LogP contribution is -2.33. The molecule has 4 heteroatoms. The Morgan fingerprint density at radius 2 is 2.00 bits per heavy atom. The van der Waals surface area contributed by atoms with Crippen LogP contribution in [0.25, 0.3) is 0 Å². The molecule has 0 aromatic carbocycles. The molecule has 1 rings (SSSR count). The van der Waals surface area contributed by atoms with Gasteiger partial charge in [0.2, 0.25) is 0 Å². The smallest absolute Gasteiger partial charge is 0.0797 e. The lowest BCUT2D eigenvalue weighted by atomic mass is 10.1. The van der Waals surface area contributed by atoms with E-state index in [0.717, 1.165) is 24.5 Å². The molecule has 1 aromatic rings. The molecule has 0 aliphatic carbocycles. The Hall–Kier alpha value is -1.29. The quantitative estimate of drug-likeness (QED) is 0.777. The Morgan fingerprint density at radius 1 is 1.31 bits per heavy atom. The number of hydrogen-bond donors (Lipinski definition) is 2. The monoisotopic (exact) mass is 223 g/mol. The van der Waals surface area contributed by atoms with Crippen LogP contribution in [-0.4, -0.2) is 30.8 Å². The fraction of sp³-hybridized carbons (Fsp3) is 0.583. The average Bonchev–Trinajstić information content (AvgIpc) is 2.27. The maximum Gasteiger partial charge on any atom is 0.0797 e. The third kappa shape index (κ3) is 4.06. The topological polar surface area (TPSA) is 46.2 Å². The first-order valence-corrected chi connectivity index (χ1v) is 5.58. The summed E-state index contributed by atoms with van der Waals surface area (Å²) < 4.78 is 5.61. The van der Waals surface area contributed by atoms with Crippen LogP contribution in [0.2, 0.25) is 0 Å². The summed E-state index contributed by atoms with van der Waals surface area (Å²) in [6, 6.07) is 2.02. The zero-order valence-corrected chi connectivity index (χ0v) is 10.5. The van der Waals surface area contributed by atoms with E-state index in [1.807, 2.05) is 26.2 Å². The summed E-state index contributed by atoms with van der Waals surface area (Å²) in [7, 11) is 1.88. The van der Waals surface area contributed by atoms with Crippen LogP contribution in [-0.2, 0) is 4.74 Å². The molecule has 16 heavy (non-hydrogen) atoms. The lowest BCUT2D eigenvalue weighted by molar-refractivity contribution is 0.000696. The van der Waals surface area contributed by atoms with Crippen LogP contribution in [0.5, 0.6) is 0 Å². The van der Waals surface area contributed by atoms with E-state index in [2.05, 4.69) is 29.5 Å². The van der Waals surface area contributed by atoms with Crippen molar-refractivity contribution in [3.63, 3.8) is 0 Å². The van der Waals surface area contributed by atoms with E-state index in [1.54, 1.807) is 6.20 Å². The molecule has 0 fully saturated rings. The molecule has 0 bridgehead atoms. The van der Waals surface area contributed by atoms with Crippen molar-refractivity contribution in [3.8, 4) is 0 Å². The van der Waals surface area contributed by atoms with Crippen molar-refractivity contribution < 1.29 is 4.74 Å². The van der Waals surface area contributed by atoms with Gasteiger partial charge in [-0.1, -0.05) is 0 Å². The Balaban J connectivity index is 2.53. The lowest BCUT2D eigenvalue weighted by Gasteiger charge is -2.25. The first-order chi connectivity index (χ1) is 7.57. The number of nitrogens with one attached hydrogen (secondary N) is 2. The van der Waals surface area contributed by atoms with Gasteiger partial charge >= 0.3 is 0 Å². The van der Waals surface area contributed by atoms with Crippen LogP contribution in [0.1, 0.15) is 20.8 Å². The number of pyridine rings is 1. The molecule has 0 aliphatic heterocycles. The molecule has 0 saturated heterocycles. The minimum Gasteiger partial charge on any atom is -0.387 e. The van der Waals surface area contributed by atoms with Gasteiger partial charge in [-0.05, 0) is 26.8 Å². The van der Waals surface area contributed by atoms with Crippen molar-refractivity contribution >= 4 is 11.4 Å². The van der Waals surface area contributed by atoms with E-state index in [1.165, 1.54) is 0 Å². The minimum atomic E-state index is -0.162. The van der Waals surface area contributed by atoms with E-state index >= 15 is 0 Å². The number of ether oxygens (including phenoxy) is 1. The first-order valence-electron chi connectivity index (χ1n) is 5.58. The van der Waals surface area contributed by atoms with Crippen LogP contribution >= 0.6 is 0 Å². The van der Waals surface area contributed by atoms with Crippen LogP contribution in [0.3, 0.4) is 0 Å². The van der Waals surface area contributed by atoms with Gasteiger partial charge in [-0.25, -0.2) is 0 Å². The summed E-state index contributed by atoms with van der Waals surface area (Å²) in [5, 5.41) is 6.37. The summed E-state index contributed by atoms with van der Waals surface area (Å²) in [6.07, 6.45) is 3.60. The summed E-state index contributed by atoms with van der Waals surface area (Å²) in [6.45, 7) is 7.63. The van der Waals surface area contributed by atoms with Crippen LogP contribution in [0.15, 0.2) is 18.5 Å². The Bertz CT molecular complexity index is 326. The maximum absolute atomic E-state index is 5.61. The molecule has 90 valence electrons. The molecule has 0 unspecified atom stereocenters. The number of hydrogen-bond acceptors (Lipinski definition) is 4. The summed E-state index contributed by atoms with van der Waals surface area (Å²) in [4.78, 5) is 4.14. The van der Waals surface area contributed by atoms with Crippen molar-refractivity contribution in [1.29, 1.82) is 0 Å². The minimum absolute atomic E-state index is 0.162. The summed E-state index contributed by atoms with van der Waals surface area (Å²) >= 11 is 0. The van der Waals surface area contributed by atoms with E-state index in [0.29, 0.717) is 0 Å². The third-order valence-corrected chi connectivity index (χ3v) is 2.28. The predicted molar refractivity (Wildman–Crippen MR) is 68.0 cm³/mol. The van der Waals surface area contributed by atoms with Crippen LogP contribution in [0.4, 0.5) is 11.4 Å². The van der Waals surface area contributed by atoms with E-state index in [-0.39, 0.29) is 5.60 Å². The van der Waals surface area contributed by atoms with Crippen molar-refractivity contribution in [2.24, 2.45) is 0 Å². The normalized spacial score (nSPS) is 11.2. The first kappa shape index (κ1) is 12.8. The van der Waals surface area contributed by atoms with Gasteiger partial charge in [0.15, 0.2) is 0 Å². The second kappa shape index (κ2) is 5.70. The highest BCUT2D eigenvalue weighted by Gasteiger charge is 2.16. The Kier molecular flexibility index (Phi) is 4.55. The molecule has 0 aliphatic rings. The highest BCUT2D eigenvalue weighted by atomic mass is 16.5. The van der Waals surface area contributed by atoms with E-state index < -0.39 is 0 Å². The van der Waals surface area contributed by atoms with Gasteiger partial charge < -0.3 is 15.4 Å². The zero-order chi connectivity index (χ0) is 12.0. The van der Waals surface area contributed by atoms with Crippen LogP contribution in [0, 0.1) is 0 Å². The summed E-state index contributed by atoms with van der Waals surface area (Å²) in [5.41, 5.74) is 1.84. The van der Waals surface area contributed by atoms with Gasteiger partial charge in [-0.15, -0.1) is 0 Å². The highest BCUT2D eigenvalue weighted by molar-refractivity contribution is 5.53. The van der Waals surface area contributed by atoms with Crippen molar-refractivity contribution in [2.45, 2.75) is 26.4 Å². The van der Waals surface area contributed by atoms with Crippen LogP contribution < -0.4 is 10.6 Å².